The minimum Gasteiger partial charge on any atom is -0.475 e. The third kappa shape index (κ3) is 7.74. The summed E-state index contributed by atoms with van der Waals surface area (Å²) in [4.78, 5) is 34.9. The second kappa shape index (κ2) is 14.0. The molecule has 3 aromatic heterocycles. The van der Waals surface area contributed by atoms with E-state index in [4.69, 9.17) is 14.7 Å². The number of anilines is 1. The van der Waals surface area contributed by atoms with E-state index in [0.29, 0.717) is 35.5 Å². The van der Waals surface area contributed by atoms with Crippen molar-refractivity contribution in [3.05, 3.63) is 88.9 Å². The van der Waals surface area contributed by atoms with Crippen molar-refractivity contribution in [3.63, 3.8) is 0 Å². The molecule has 4 heterocycles. The number of aryl methyl sites for hydroxylation is 2. The predicted octanol–water partition coefficient (Wildman–Crippen LogP) is 6.26. The molecule has 0 unspecified atom stereocenters. The van der Waals surface area contributed by atoms with Crippen LogP contribution in [0.15, 0.2) is 65.7 Å². The van der Waals surface area contributed by atoms with Crippen LogP contribution in [0, 0.1) is 19.3 Å². The molecular weight excluding hydrogens is 667 g/mol. The lowest BCUT2D eigenvalue weighted by Crippen LogP contribution is -2.45. The van der Waals surface area contributed by atoms with Gasteiger partial charge in [-0.05, 0) is 67.0 Å². The number of nitrogens with zero attached hydrogens (tertiary/aromatic N) is 6. The highest BCUT2D eigenvalue weighted by molar-refractivity contribution is 7.92. The average molecular weight is 712 g/mol. The summed E-state index contributed by atoms with van der Waals surface area (Å²) in [6, 6.07) is 15.1. The van der Waals surface area contributed by atoms with Gasteiger partial charge in [-0.15, -0.1) is 0 Å². The maximum absolute atomic E-state index is 14.6. The Morgan fingerprint density at radius 1 is 1.02 bits per heavy atom. The summed E-state index contributed by atoms with van der Waals surface area (Å²) in [5, 5.41) is 9.85. The Morgan fingerprint density at radius 3 is 2.43 bits per heavy atom. The first-order valence-electron chi connectivity index (χ1n) is 17.1. The second-order valence-electron chi connectivity index (χ2n) is 14.6. The van der Waals surface area contributed by atoms with Crippen LogP contribution in [0.25, 0.3) is 22.4 Å². The standard InChI is InChI=1S/C38H45N7O5S/c1-23(2)32-17-31-35(44(32)14-15-46)40-27(20-39-31)21-45-28(19-38(5,6)7)22-50-33-18-30(34-24(3)10-8-11-25(34)4)41-37(42-33)43-51(48,49)29-13-9-12-26(16-29)36(45)47/h8-13,16-18,20,23,28,46H,14-15,19,21-22H2,1-7H3,(H,41,42,43)/t28-/m1/s1. The zero-order chi connectivity index (χ0) is 36.7. The van der Waals surface area contributed by atoms with Gasteiger partial charge in [-0.3, -0.25) is 9.78 Å². The van der Waals surface area contributed by atoms with Gasteiger partial charge < -0.3 is 19.3 Å². The van der Waals surface area contributed by atoms with Gasteiger partial charge in [-0.25, -0.2) is 23.1 Å². The Balaban J connectivity index is 1.50. The van der Waals surface area contributed by atoms with E-state index < -0.39 is 16.1 Å². The molecule has 268 valence electrons. The fourth-order valence-electron chi connectivity index (χ4n) is 6.68. The Morgan fingerprint density at radius 2 is 1.75 bits per heavy atom. The first-order valence-corrected chi connectivity index (χ1v) is 18.6. The number of amides is 1. The summed E-state index contributed by atoms with van der Waals surface area (Å²) in [7, 11) is -4.21. The Bertz CT molecular complexity index is 2190. The molecule has 0 aliphatic carbocycles. The van der Waals surface area contributed by atoms with Gasteiger partial charge in [0.2, 0.25) is 11.8 Å². The van der Waals surface area contributed by atoms with E-state index in [9.17, 15) is 18.3 Å². The largest absolute Gasteiger partial charge is 0.475 e. The molecule has 1 atom stereocenters. The summed E-state index contributed by atoms with van der Waals surface area (Å²) >= 11 is 0. The zero-order valence-corrected chi connectivity index (χ0v) is 31.0. The van der Waals surface area contributed by atoms with E-state index in [0.717, 1.165) is 22.4 Å². The molecule has 51 heavy (non-hydrogen) atoms. The molecule has 6 rings (SSSR count). The van der Waals surface area contributed by atoms with Crippen LogP contribution >= 0.6 is 0 Å². The van der Waals surface area contributed by atoms with Gasteiger partial charge in [0.15, 0.2) is 5.65 Å². The number of hydrogen-bond acceptors (Lipinski definition) is 9. The average Bonchev–Trinajstić information content (AvgIpc) is 3.42. The number of benzene rings is 2. The Kier molecular flexibility index (Phi) is 9.88. The Labute approximate surface area is 299 Å². The van der Waals surface area contributed by atoms with Crippen LogP contribution in [-0.4, -0.2) is 68.1 Å². The topological polar surface area (TPSA) is 152 Å². The highest BCUT2D eigenvalue weighted by Crippen LogP contribution is 2.32. The number of carbonyl (C=O) groups excluding carboxylic acids is 1. The number of aliphatic hydroxyl groups excluding tert-OH is 1. The molecule has 12 nitrogen and oxygen atoms in total. The normalized spacial score (nSPS) is 16.3. The van der Waals surface area contributed by atoms with Crippen LogP contribution in [0.1, 0.15) is 79.8 Å². The fraction of sp³-hybridized carbons (Fsp3) is 0.395. The maximum atomic E-state index is 14.6. The second-order valence-corrected chi connectivity index (χ2v) is 16.3. The van der Waals surface area contributed by atoms with Crippen molar-refractivity contribution in [2.45, 2.75) is 84.8 Å². The first kappa shape index (κ1) is 35.9. The van der Waals surface area contributed by atoms with E-state index in [1.165, 1.54) is 12.1 Å². The summed E-state index contributed by atoms with van der Waals surface area (Å²) in [6.45, 7) is 14.8. The fourth-order valence-corrected chi connectivity index (χ4v) is 7.66. The van der Waals surface area contributed by atoms with Crippen molar-refractivity contribution in [2.24, 2.45) is 5.41 Å². The van der Waals surface area contributed by atoms with E-state index in [1.54, 1.807) is 29.3 Å². The molecule has 0 saturated heterocycles. The van der Waals surface area contributed by atoms with Gasteiger partial charge in [-0.2, -0.15) is 4.98 Å². The van der Waals surface area contributed by atoms with E-state index in [2.05, 4.69) is 49.3 Å². The van der Waals surface area contributed by atoms with Crippen molar-refractivity contribution in [1.29, 1.82) is 0 Å². The molecule has 0 saturated carbocycles. The number of aromatic nitrogens is 5. The summed E-state index contributed by atoms with van der Waals surface area (Å²) in [6.07, 6.45) is 2.21. The smallest absolute Gasteiger partial charge is 0.264 e. The van der Waals surface area contributed by atoms with Gasteiger partial charge in [0, 0.05) is 29.4 Å². The van der Waals surface area contributed by atoms with E-state index >= 15 is 0 Å². The summed E-state index contributed by atoms with van der Waals surface area (Å²) < 4.78 is 38.4. The van der Waals surface area contributed by atoms with Gasteiger partial charge in [-0.1, -0.05) is 58.9 Å². The molecule has 4 bridgehead atoms. The van der Waals surface area contributed by atoms with Gasteiger partial charge in [0.25, 0.3) is 15.9 Å². The number of rotatable bonds is 7. The van der Waals surface area contributed by atoms with Gasteiger partial charge in [0.05, 0.1) is 41.7 Å². The van der Waals surface area contributed by atoms with Crippen LogP contribution in [0.2, 0.25) is 0 Å². The zero-order valence-electron chi connectivity index (χ0n) is 30.1. The third-order valence-corrected chi connectivity index (χ3v) is 10.3. The lowest BCUT2D eigenvalue weighted by atomic mass is 9.87. The number of aliphatic hydroxyl groups is 1. The minimum absolute atomic E-state index is 0.0605. The monoisotopic (exact) mass is 711 g/mol. The van der Waals surface area contributed by atoms with Crippen LogP contribution < -0.4 is 9.46 Å². The van der Waals surface area contributed by atoms with Crippen molar-refractivity contribution >= 4 is 33.0 Å². The number of carbonyl (C=O) groups is 1. The number of sulfonamides is 1. The number of ether oxygens (including phenoxy) is 1. The summed E-state index contributed by atoms with van der Waals surface area (Å²) in [5.74, 6) is -0.170. The lowest BCUT2D eigenvalue weighted by molar-refractivity contribution is 0.0509. The highest BCUT2D eigenvalue weighted by atomic mass is 32.2. The van der Waals surface area contributed by atoms with Gasteiger partial charge >= 0.3 is 0 Å². The van der Waals surface area contributed by atoms with Crippen molar-refractivity contribution < 1.29 is 23.1 Å². The lowest BCUT2D eigenvalue weighted by Gasteiger charge is -2.35. The van der Waals surface area contributed by atoms with Crippen LogP contribution in [-0.2, 0) is 23.1 Å². The minimum atomic E-state index is -4.21. The molecule has 5 aromatic rings. The molecule has 1 aliphatic heterocycles. The first-order chi connectivity index (χ1) is 24.1. The molecule has 0 spiro atoms. The molecule has 1 aliphatic rings. The number of fused-ring (bicyclic) bond motifs is 5. The number of hydrogen-bond donors (Lipinski definition) is 2. The van der Waals surface area contributed by atoms with Crippen molar-refractivity contribution in [3.8, 4) is 17.1 Å². The van der Waals surface area contributed by atoms with Crippen LogP contribution in [0.3, 0.4) is 0 Å². The maximum Gasteiger partial charge on any atom is 0.264 e. The molecule has 2 aromatic carbocycles. The van der Waals surface area contributed by atoms with E-state index in [-0.39, 0.29) is 59.3 Å². The van der Waals surface area contributed by atoms with Crippen molar-refractivity contribution in [2.75, 3.05) is 17.9 Å². The van der Waals surface area contributed by atoms with Crippen LogP contribution in [0.4, 0.5) is 5.95 Å². The molecular formula is C38H45N7O5S. The molecule has 2 N–H and O–H groups in total. The third-order valence-electron chi connectivity index (χ3n) is 8.96. The van der Waals surface area contributed by atoms with Crippen LogP contribution in [0.5, 0.6) is 5.88 Å². The van der Waals surface area contributed by atoms with Crippen molar-refractivity contribution in [1.82, 2.24) is 29.4 Å². The predicted molar refractivity (Wildman–Crippen MR) is 196 cm³/mol. The molecule has 13 heteroatoms. The highest BCUT2D eigenvalue weighted by Gasteiger charge is 2.32. The Hall–Kier alpha value is -4.88. The number of nitrogens with one attached hydrogen (secondary N) is 1. The summed E-state index contributed by atoms with van der Waals surface area (Å²) in [5.41, 5.74) is 6.11. The SMILES string of the molecule is Cc1cccc(C)c1-c1cc2nc(n1)NS(=O)(=O)c1cccc(c1)C(=O)N(Cc1cnc3cc(C(C)C)n(CCO)c3n1)[C@H](CC(C)(C)C)CO2. The molecule has 0 radical (unpaired) electrons. The van der Waals surface area contributed by atoms with E-state index in [1.807, 2.05) is 42.7 Å². The van der Waals surface area contributed by atoms with Gasteiger partial charge in [0.1, 0.15) is 12.1 Å². The molecule has 0 fully saturated rings. The molecule has 1 amide bonds. The quantitative estimate of drug-likeness (QED) is 0.199.